The van der Waals surface area contributed by atoms with Gasteiger partial charge in [0, 0.05) is 39.1 Å². The van der Waals surface area contributed by atoms with Crippen molar-refractivity contribution in [1.82, 2.24) is 14.1 Å². The fourth-order valence-electron chi connectivity index (χ4n) is 6.81. The third-order valence-electron chi connectivity index (χ3n) is 8.79. The number of hydrogen-bond acceptors (Lipinski definition) is 1. The molecular formula is C41H27N3. The van der Waals surface area contributed by atoms with Gasteiger partial charge in [-0.1, -0.05) is 109 Å². The summed E-state index contributed by atoms with van der Waals surface area (Å²) >= 11 is 0. The first kappa shape index (κ1) is 24.6. The Balaban J connectivity index is 1.29. The lowest BCUT2D eigenvalue weighted by atomic mass is 10.00. The van der Waals surface area contributed by atoms with E-state index in [9.17, 15) is 0 Å². The van der Waals surface area contributed by atoms with Crippen LogP contribution in [0.2, 0.25) is 0 Å². The summed E-state index contributed by atoms with van der Waals surface area (Å²) in [4.78, 5) is 4.93. The normalized spacial score (nSPS) is 11.6. The fourth-order valence-corrected chi connectivity index (χ4v) is 6.81. The third-order valence-corrected chi connectivity index (χ3v) is 8.79. The van der Waals surface area contributed by atoms with Gasteiger partial charge in [0.2, 0.25) is 0 Å². The minimum atomic E-state index is 0.965. The van der Waals surface area contributed by atoms with E-state index in [1.54, 1.807) is 0 Å². The van der Waals surface area contributed by atoms with Crippen LogP contribution in [0, 0.1) is 0 Å². The first-order valence-electron chi connectivity index (χ1n) is 15.0. The molecule has 206 valence electrons. The zero-order chi connectivity index (χ0) is 29.0. The number of pyridine rings is 1. The highest BCUT2D eigenvalue weighted by molar-refractivity contribution is 6.16. The number of aromatic nitrogens is 3. The highest BCUT2D eigenvalue weighted by Gasteiger charge is 2.19. The summed E-state index contributed by atoms with van der Waals surface area (Å²) in [5.41, 5.74) is 11.6. The van der Waals surface area contributed by atoms with Crippen LogP contribution < -0.4 is 0 Å². The zero-order valence-corrected chi connectivity index (χ0v) is 23.9. The molecule has 0 N–H and O–H groups in total. The van der Waals surface area contributed by atoms with Gasteiger partial charge in [-0.15, -0.1) is 0 Å². The standard InChI is InChI=1S/C41H27N3/c1-3-11-28(12-4-1)29-19-22-32(23-20-29)43-37-17-9-7-15-34(37)35-24-21-30(27-39(35)43)33-25-26-42-41-40(33)36-16-8-10-18-38(36)44(41)31-13-5-2-6-14-31/h1-27H. The molecule has 3 nitrogen and oxygen atoms in total. The summed E-state index contributed by atoms with van der Waals surface area (Å²) in [6, 6.07) is 56.4. The maximum absolute atomic E-state index is 4.93. The average molecular weight is 562 g/mol. The summed E-state index contributed by atoms with van der Waals surface area (Å²) < 4.78 is 4.67. The Hall–Kier alpha value is -5.93. The minimum Gasteiger partial charge on any atom is -0.309 e. The second-order valence-electron chi connectivity index (χ2n) is 11.2. The minimum absolute atomic E-state index is 0.965. The highest BCUT2D eigenvalue weighted by Crippen LogP contribution is 2.40. The molecule has 0 saturated heterocycles. The Kier molecular flexibility index (Phi) is 5.50. The van der Waals surface area contributed by atoms with E-state index in [0.717, 1.165) is 22.5 Å². The quantitative estimate of drug-likeness (QED) is 0.210. The van der Waals surface area contributed by atoms with Crippen molar-refractivity contribution in [2.45, 2.75) is 0 Å². The monoisotopic (exact) mass is 561 g/mol. The van der Waals surface area contributed by atoms with Gasteiger partial charge in [0.05, 0.1) is 16.6 Å². The molecule has 0 bridgehead atoms. The molecule has 3 aromatic heterocycles. The number of fused-ring (bicyclic) bond motifs is 6. The van der Waals surface area contributed by atoms with Gasteiger partial charge in [-0.25, -0.2) is 4.98 Å². The molecule has 0 radical (unpaired) electrons. The third kappa shape index (κ3) is 3.73. The lowest BCUT2D eigenvalue weighted by Gasteiger charge is -2.11. The van der Waals surface area contributed by atoms with Crippen LogP contribution >= 0.6 is 0 Å². The second-order valence-corrected chi connectivity index (χ2v) is 11.2. The topological polar surface area (TPSA) is 22.8 Å². The molecule has 9 aromatic rings. The van der Waals surface area contributed by atoms with Crippen molar-refractivity contribution in [2.24, 2.45) is 0 Å². The summed E-state index contributed by atoms with van der Waals surface area (Å²) in [6.45, 7) is 0. The van der Waals surface area contributed by atoms with E-state index in [2.05, 4.69) is 167 Å². The molecule has 0 aliphatic carbocycles. The van der Waals surface area contributed by atoms with Crippen LogP contribution in [-0.4, -0.2) is 14.1 Å². The van der Waals surface area contributed by atoms with Crippen molar-refractivity contribution in [3.05, 3.63) is 164 Å². The Labute approximate surface area is 254 Å². The molecule has 0 fully saturated rings. The van der Waals surface area contributed by atoms with Crippen LogP contribution in [0.15, 0.2) is 164 Å². The summed E-state index contributed by atoms with van der Waals surface area (Å²) in [7, 11) is 0. The summed E-state index contributed by atoms with van der Waals surface area (Å²) in [6.07, 6.45) is 1.94. The van der Waals surface area contributed by atoms with Gasteiger partial charge in [-0.2, -0.15) is 0 Å². The Bertz CT molecular complexity index is 2470. The van der Waals surface area contributed by atoms with E-state index >= 15 is 0 Å². The fraction of sp³-hybridized carbons (Fsp3) is 0. The van der Waals surface area contributed by atoms with Crippen LogP contribution in [0.5, 0.6) is 0 Å². The Morgan fingerprint density at radius 3 is 1.73 bits per heavy atom. The van der Waals surface area contributed by atoms with Crippen molar-refractivity contribution >= 4 is 43.7 Å². The van der Waals surface area contributed by atoms with Crippen molar-refractivity contribution < 1.29 is 0 Å². The van der Waals surface area contributed by atoms with Gasteiger partial charge in [-0.05, 0) is 70.8 Å². The van der Waals surface area contributed by atoms with Gasteiger partial charge in [0.15, 0.2) is 0 Å². The lowest BCUT2D eigenvalue weighted by molar-refractivity contribution is 1.14. The number of nitrogens with zero attached hydrogens (tertiary/aromatic N) is 3. The molecule has 0 atom stereocenters. The summed E-state index contributed by atoms with van der Waals surface area (Å²) in [5.74, 6) is 0. The molecule has 6 aromatic carbocycles. The van der Waals surface area contributed by atoms with Crippen LogP contribution in [0.25, 0.3) is 77.4 Å². The number of rotatable bonds is 4. The van der Waals surface area contributed by atoms with Crippen molar-refractivity contribution in [3.8, 4) is 33.6 Å². The smallest absolute Gasteiger partial charge is 0.146 e. The molecule has 0 amide bonds. The van der Waals surface area contributed by atoms with E-state index in [4.69, 9.17) is 4.98 Å². The van der Waals surface area contributed by atoms with Crippen LogP contribution in [0.4, 0.5) is 0 Å². The zero-order valence-electron chi connectivity index (χ0n) is 23.9. The SMILES string of the molecule is c1ccc(-c2ccc(-n3c4ccccc4c4ccc(-c5ccnc6c5c5ccccc5n6-c5ccccc5)cc43)cc2)cc1. The van der Waals surface area contributed by atoms with E-state index < -0.39 is 0 Å². The largest absolute Gasteiger partial charge is 0.309 e. The Morgan fingerprint density at radius 2 is 0.955 bits per heavy atom. The molecule has 44 heavy (non-hydrogen) atoms. The number of benzene rings is 6. The van der Waals surface area contributed by atoms with Crippen LogP contribution in [0.3, 0.4) is 0 Å². The Morgan fingerprint density at radius 1 is 0.386 bits per heavy atom. The van der Waals surface area contributed by atoms with E-state index in [0.29, 0.717) is 0 Å². The van der Waals surface area contributed by atoms with Gasteiger partial charge >= 0.3 is 0 Å². The van der Waals surface area contributed by atoms with Crippen molar-refractivity contribution in [2.75, 3.05) is 0 Å². The molecule has 9 rings (SSSR count). The molecule has 0 aliphatic rings. The lowest BCUT2D eigenvalue weighted by Crippen LogP contribution is -1.95. The predicted octanol–water partition coefficient (Wildman–Crippen LogP) is 10.6. The van der Waals surface area contributed by atoms with Gasteiger partial charge in [0.1, 0.15) is 5.65 Å². The molecule has 0 spiro atoms. The highest BCUT2D eigenvalue weighted by atomic mass is 15.0. The van der Waals surface area contributed by atoms with E-state index in [1.807, 2.05) is 6.20 Å². The molecule has 0 unspecified atom stereocenters. The van der Waals surface area contributed by atoms with E-state index in [-0.39, 0.29) is 0 Å². The molecule has 0 aliphatic heterocycles. The van der Waals surface area contributed by atoms with Gasteiger partial charge < -0.3 is 4.57 Å². The maximum Gasteiger partial charge on any atom is 0.146 e. The van der Waals surface area contributed by atoms with Crippen molar-refractivity contribution in [3.63, 3.8) is 0 Å². The first-order chi connectivity index (χ1) is 21.8. The maximum atomic E-state index is 4.93. The molecular weight excluding hydrogens is 534 g/mol. The van der Waals surface area contributed by atoms with Crippen LogP contribution in [-0.2, 0) is 0 Å². The van der Waals surface area contributed by atoms with E-state index in [1.165, 1.54) is 54.8 Å². The van der Waals surface area contributed by atoms with Gasteiger partial charge in [0.25, 0.3) is 0 Å². The first-order valence-corrected chi connectivity index (χ1v) is 15.0. The van der Waals surface area contributed by atoms with Crippen LogP contribution in [0.1, 0.15) is 0 Å². The molecule has 3 heteroatoms. The number of para-hydroxylation sites is 3. The van der Waals surface area contributed by atoms with Crippen molar-refractivity contribution in [1.29, 1.82) is 0 Å². The molecule has 0 saturated carbocycles. The molecule has 3 heterocycles. The predicted molar refractivity (Wildman–Crippen MR) is 184 cm³/mol. The number of hydrogen-bond donors (Lipinski definition) is 0. The summed E-state index contributed by atoms with van der Waals surface area (Å²) in [5, 5.41) is 4.86. The van der Waals surface area contributed by atoms with Gasteiger partial charge in [-0.3, -0.25) is 4.57 Å². The second kappa shape index (κ2) is 9.82. The average Bonchev–Trinajstić information content (AvgIpc) is 3.62.